The van der Waals surface area contributed by atoms with E-state index in [0.29, 0.717) is 11.4 Å². The summed E-state index contributed by atoms with van der Waals surface area (Å²) < 4.78 is 7.29. The number of hydrogen-bond donors (Lipinski definition) is 1. The number of para-hydroxylation sites is 1. The Balaban J connectivity index is 2.20. The van der Waals surface area contributed by atoms with Gasteiger partial charge in [0.25, 0.3) is 0 Å². The van der Waals surface area contributed by atoms with Crippen molar-refractivity contribution in [3.8, 4) is 23.1 Å². The van der Waals surface area contributed by atoms with Gasteiger partial charge in [0.2, 0.25) is 5.95 Å². The fraction of sp³-hybridized carbons (Fsp3) is 0.286. The molecule has 0 unspecified atom stereocenters. The van der Waals surface area contributed by atoms with E-state index in [1.165, 1.54) is 0 Å². The third kappa shape index (κ3) is 1.82. The highest BCUT2D eigenvalue weighted by molar-refractivity contribution is 5.73. The molecule has 19 heavy (non-hydrogen) atoms. The van der Waals surface area contributed by atoms with Crippen molar-refractivity contribution in [1.82, 2.24) is 9.55 Å². The topological polar surface area (TPSA) is 62.9 Å². The highest BCUT2D eigenvalue weighted by Crippen LogP contribution is 2.33. The monoisotopic (exact) mass is 254 g/mol. The van der Waals surface area contributed by atoms with E-state index in [-0.39, 0.29) is 0 Å². The zero-order chi connectivity index (χ0) is 13.2. The molecule has 0 atom stereocenters. The Morgan fingerprint density at radius 1 is 1.42 bits per heavy atom. The highest BCUT2D eigenvalue weighted by atomic mass is 16.5. The third-order valence-electron chi connectivity index (χ3n) is 3.28. The molecule has 0 radical (unpaired) electrons. The molecule has 3 rings (SSSR count). The summed E-state index contributed by atoms with van der Waals surface area (Å²) in [6.45, 7) is 1.72. The molecule has 0 aliphatic carbocycles. The molecular formula is C14H14N4O. The Morgan fingerprint density at radius 3 is 3.05 bits per heavy atom. The van der Waals surface area contributed by atoms with E-state index in [9.17, 15) is 5.26 Å². The van der Waals surface area contributed by atoms with Crippen LogP contribution in [0, 0.1) is 11.3 Å². The van der Waals surface area contributed by atoms with Gasteiger partial charge in [-0.25, -0.2) is 4.98 Å². The molecule has 1 aromatic carbocycles. The molecule has 96 valence electrons. The van der Waals surface area contributed by atoms with Crippen molar-refractivity contribution in [2.24, 2.45) is 0 Å². The van der Waals surface area contributed by atoms with Gasteiger partial charge in [0.05, 0.1) is 7.11 Å². The maximum Gasteiger partial charge on any atom is 0.204 e. The van der Waals surface area contributed by atoms with Crippen LogP contribution in [0.2, 0.25) is 0 Å². The Hall–Kier alpha value is -2.48. The van der Waals surface area contributed by atoms with Gasteiger partial charge in [-0.2, -0.15) is 5.26 Å². The SMILES string of the molecule is COc1ccccc1-c1nc2n(c1C#N)CCCN2. The third-order valence-corrected chi connectivity index (χ3v) is 3.28. The van der Waals surface area contributed by atoms with Gasteiger partial charge in [-0.15, -0.1) is 0 Å². The van der Waals surface area contributed by atoms with Crippen molar-refractivity contribution in [3.63, 3.8) is 0 Å². The first-order valence-corrected chi connectivity index (χ1v) is 6.23. The zero-order valence-electron chi connectivity index (χ0n) is 10.7. The number of ether oxygens (including phenoxy) is 1. The van der Waals surface area contributed by atoms with E-state index in [4.69, 9.17) is 4.74 Å². The Labute approximate surface area is 111 Å². The summed E-state index contributed by atoms with van der Waals surface area (Å²) in [7, 11) is 1.62. The smallest absolute Gasteiger partial charge is 0.204 e. The van der Waals surface area contributed by atoms with Gasteiger partial charge < -0.3 is 14.6 Å². The molecule has 0 saturated carbocycles. The number of benzene rings is 1. The van der Waals surface area contributed by atoms with E-state index in [1.807, 2.05) is 28.8 Å². The maximum absolute atomic E-state index is 9.41. The van der Waals surface area contributed by atoms with Crippen LogP contribution in [-0.4, -0.2) is 23.2 Å². The number of nitrogens with zero attached hydrogens (tertiary/aromatic N) is 3. The van der Waals surface area contributed by atoms with Gasteiger partial charge >= 0.3 is 0 Å². The molecule has 5 nitrogen and oxygen atoms in total. The Kier molecular flexibility index (Phi) is 2.84. The van der Waals surface area contributed by atoms with Crippen molar-refractivity contribution in [2.75, 3.05) is 19.0 Å². The molecule has 0 bridgehead atoms. The van der Waals surface area contributed by atoms with Gasteiger partial charge in [-0.1, -0.05) is 12.1 Å². The lowest BCUT2D eigenvalue weighted by Gasteiger charge is -2.15. The van der Waals surface area contributed by atoms with E-state index in [1.54, 1.807) is 7.11 Å². The van der Waals surface area contributed by atoms with Crippen molar-refractivity contribution < 1.29 is 4.74 Å². The summed E-state index contributed by atoms with van der Waals surface area (Å²) in [5.74, 6) is 1.50. The number of nitriles is 1. The predicted molar refractivity (Wildman–Crippen MR) is 72.0 cm³/mol. The minimum atomic E-state index is 0.590. The maximum atomic E-state index is 9.41. The van der Waals surface area contributed by atoms with Crippen LogP contribution in [0.5, 0.6) is 5.75 Å². The molecule has 1 N–H and O–H groups in total. The Morgan fingerprint density at radius 2 is 2.26 bits per heavy atom. The fourth-order valence-electron chi connectivity index (χ4n) is 2.38. The van der Waals surface area contributed by atoms with Gasteiger partial charge in [-0.05, 0) is 18.6 Å². The second-order valence-electron chi connectivity index (χ2n) is 4.38. The number of methoxy groups -OCH3 is 1. The first kappa shape index (κ1) is 11.6. The first-order chi connectivity index (χ1) is 9.35. The van der Waals surface area contributed by atoms with Crippen molar-refractivity contribution in [3.05, 3.63) is 30.0 Å². The molecule has 2 aromatic rings. The summed E-state index contributed by atoms with van der Waals surface area (Å²) in [6, 6.07) is 9.89. The van der Waals surface area contributed by atoms with Crippen LogP contribution < -0.4 is 10.1 Å². The van der Waals surface area contributed by atoms with E-state index in [2.05, 4.69) is 16.4 Å². The van der Waals surface area contributed by atoms with Crippen molar-refractivity contribution >= 4 is 5.95 Å². The molecule has 1 aliphatic heterocycles. The van der Waals surface area contributed by atoms with Crippen LogP contribution in [-0.2, 0) is 6.54 Å². The van der Waals surface area contributed by atoms with E-state index < -0.39 is 0 Å². The molecule has 0 fully saturated rings. The number of aromatic nitrogens is 2. The molecule has 0 amide bonds. The van der Waals surface area contributed by atoms with Crippen molar-refractivity contribution in [1.29, 1.82) is 5.26 Å². The molecule has 2 heterocycles. The second-order valence-corrected chi connectivity index (χ2v) is 4.38. The summed E-state index contributed by atoms with van der Waals surface area (Å²) >= 11 is 0. The number of hydrogen-bond acceptors (Lipinski definition) is 4. The molecule has 0 spiro atoms. The lowest BCUT2D eigenvalue weighted by atomic mass is 10.1. The number of anilines is 1. The average Bonchev–Trinajstić information content (AvgIpc) is 2.85. The summed E-state index contributed by atoms with van der Waals surface area (Å²) in [4.78, 5) is 4.55. The van der Waals surface area contributed by atoms with Gasteiger partial charge in [0.15, 0.2) is 0 Å². The van der Waals surface area contributed by atoms with Gasteiger partial charge in [-0.3, -0.25) is 0 Å². The number of imidazole rings is 1. The summed E-state index contributed by atoms with van der Waals surface area (Å²) in [6.07, 6.45) is 1.00. The quantitative estimate of drug-likeness (QED) is 0.892. The van der Waals surface area contributed by atoms with Crippen LogP contribution in [0.15, 0.2) is 24.3 Å². The molecule has 5 heteroatoms. The lowest BCUT2D eigenvalue weighted by Crippen LogP contribution is -2.18. The average molecular weight is 254 g/mol. The summed E-state index contributed by atoms with van der Waals surface area (Å²) in [5.41, 5.74) is 2.13. The largest absolute Gasteiger partial charge is 0.496 e. The predicted octanol–water partition coefficient (Wildman–Crippen LogP) is 2.25. The summed E-state index contributed by atoms with van der Waals surface area (Å²) in [5, 5.41) is 12.6. The zero-order valence-corrected chi connectivity index (χ0v) is 10.7. The standard InChI is InChI=1S/C14H14N4O/c1-19-12-6-3-2-5-10(12)13-11(9-15)18-8-4-7-16-14(18)17-13/h2-3,5-6H,4,7-8H2,1H3,(H,16,17). The van der Waals surface area contributed by atoms with E-state index >= 15 is 0 Å². The highest BCUT2D eigenvalue weighted by Gasteiger charge is 2.22. The van der Waals surface area contributed by atoms with Crippen molar-refractivity contribution in [2.45, 2.75) is 13.0 Å². The second kappa shape index (κ2) is 4.65. The molecule has 1 aliphatic rings. The van der Waals surface area contributed by atoms with Gasteiger partial charge in [0.1, 0.15) is 23.2 Å². The number of rotatable bonds is 2. The number of nitrogens with one attached hydrogen (secondary N) is 1. The Bertz CT molecular complexity index is 654. The minimum Gasteiger partial charge on any atom is -0.496 e. The fourth-order valence-corrected chi connectivity index (χ4v) is 2.38. The van der Waals surface area contributed by atoms with Crippen LogP contribution >= 0.6 is 0 Å². The molecule has 0 saturated heterocycles. The van der Waals surface area contributed by atoms with Crippen LogP contribution in [0.25, 0.3) is 11.3 Å². The molecule has 1 aromatic heterocycles. The van der Waals surface area contributed by atoms with E-state index in [0.717, 1.165) is 36.8 Å². The van der Waals surface area contributed by atoms with Crippen LogP contribution in [0.1, 0.15) is 12.1 Å². The van der Waals surface area contributed by atoms with Crippen LogP contribution in [0.3, 0.4) is 0 Å². The van der Waals surface area contributed by atoms with Crippen LogP contribution in [0.4, 0.5) is 5.95 Å². The minimum absolute atomic E-state index is 0.590. The normalized spacial score (nSPS) is 13.3. The number of fused-ring (bicyclic) bond motifs is 1. The molecular weight excluding hydrogens is 240 g/mol. The lowest BCUT2D eigenvalue weighted by molar-refractivity contribution is 0.416. The van der Waals surface area contributed by atoms with Gasteiger partial charge in [0, 0.05) is 18.7 Å². The first-order valence-electron chi connectivity index (χ1n) is 6.23.